The molecule has 0 N–H and O–H groups in total. The standard InChI is InChI=1S/C10H13IO6/c1-4(12)15-6-3-14-9-7(11)10(16-5(2)13)17-8(6)9/h6-10H,3H2,1-2H3/t6-,7-,8-,9-,10-/m1/s1. The second-order valence-corrected chi connectivity index (χ2v) is 5.41. The van der Waals surface area contributed by atoms with Gasteiger partial charge < -0.3 is 18.9 Å². The van der Waals surface area contributed by atoms with E-state index in [2.05, 4.69) is 22.6 Å². The Balaban J connectivity index is 2.00. The highest BCUT2D eigenvalue weighted by Gasteiger charge is 2.54. The molecule has 0 unspecified atom stereocenters. The maximum atomic E-state index is 10.9. The van der Waals surface area contributed by atoms with Crippen molar-refractivity contribution in [1.29, 1.82) is 0 Å². The van der Waals surface area contributed by atoms with E-state index >= 15 is 0 Å². The van der Waals surface area contributed by atoms with Crippen LogP contribution in [0.1, 0.15) is 13.8 Å². The van der Waals surface area contributed by atoms with Crippen molar-refractivity contribution in [3.05, 3.63) is 0 Å². The number of halogens is 1. The lowest BCUT2D eigenvalue weighted by molar-refractivity contribution is -0.182. The van der Waals surface area contributed by atoms with Crippen LogP contribution in [0.15, 0.2) is 0 Å². The van der Waals surface area contributed by atoms with Gasteiger partial charge in [-0.25, -0.2) is 0 Å². The Morgan fingerprint density at radius 2 is 1.82 bits per heavy atom. The summed E-state index contributed by atoms with van der Waals surface area (Å²) in [6.45, 7) is 2.99. The predicted octanol–water partition coefficient (Wildman–Crippen LogP) is 0.408. The zero-order valence-electron chi connectivity index (χ0n) is 9.42. The van der Waals surface area contributed by atoms with E-state index in [-0.39, 0.29) is 22.1 Å². The number of hydrogen-bond donors (Lipinski definition) is 0. The molecule has 2 fully saturated rings. The molecule has 17 heavy (non-hydrogen) atoms. The topological polar surface area (TPSA) is 71.1 Å². The lowest BCUT2D eigenvalue weighted by atomic mass is 10.1. The van der Waals surface area contributed by atoms with Crippen LogP contribution in [-0.2, 0) is 28.5 Å². The molecule has 5 atom stereocenters. The van der Waals surface area contributed by atoms with Gasteiger partial charge in [-0.15, -0.1) is 0 Å². The first-order valence-corrected chi connectivity index (χ1v) is 6.49. The molecule has 2 aliphatic rings. The molecule has 2 rings (SSSR count). The molecule has 2 aliphatic heterocycles. The van der Waals surface area contributed by atoms with Crippen LogP contribution in [0, 0.1) is 0 Å². The highest BCUT2D eigenvalue weighted by Crippen LogP contribution is 2.37. The lowest BCUT2D eigenvalue weighted by Gasteiger charge is -2.18. The molecule has 0 saturated carbocycles. The summed E-state index contributed by atoms with van der Waals surface area (Å²) in [5, 5.41) is 0. The van der Waals surface area contributed by atoms with E-state index in [4.69, 9.17) is 18.9 Å². The van der Waals surface area contributed by atoms with Gasteiger partial charge in [-0.2, -0.15) is 0 Å². The molecule has 0 spiro atoms. The molecule has 7 heteroatoms. The van der Waals surface area contributed by atoms with E-state index in [0.717, 1.165) is 0 Å². The van der Waals surface area contributed by atoms with Gasteiger partial charge in [-0.05, 0) is 0 Å². The third kappa shape index (κ3) is 2.71. The Labute approximate surface area is 112 Å². The Morgan fingerprint density at radius 3 is 2.41 bits per heavy atom. The summed E-state index contributed by atoms with van der Waals surface area (Å²) in [6.07, 6.45) is -1.62. The Bertz CT molecular complexity index is 319. The van der Waals surface area contributed by atoms with Gasteiger partial charge in [0.2, 0.25) is 6.29 Å². The van der Waals surface area contributed by atoms with Crippen LogP contribution in [0.25, 0.3) is 0 Å². The number of ether oxygens (including phenoxy) is 4. The van der Waals surface area contributed by atoms with Crippen molar-refractivity contribution >= 4 is 34.5 Å². The molecule has 0 aliphatic carbocycles. The van der Waals surface area contributed by atoms with Crippen LogP contribution in [0.3, 0.4) is 0 Å². The third-order valence-corrected chi connectivity index (χ3v) is 3.90. The minimum atomic E-state index is -0.638. The van der Waals surface area contributed by atoms with Crippen molar-refractivity contribution in [3.63, 3.8) is 0 Å². The first kappa shape index (κ1) is 13.0. The summed E-state index contributed by atoms with van der Waals surface area (Å²) in [4.78, 5) is 21.8. The number of alkyl halides is 1. The fourth-order valence-electron chi connectivity index (χ4n) is 2.00. The monoisotopic (exact) mass is 356 g/mol. The van der Waals surface area contributed by atoms with Crippen molar-refractivity contribution in [3.8, 4) is 0 Å². The summed E-state index contributed by atoms with van der Waals surface area (Å²) >= 11 is 2.12. The van der Waals surface area contributed by atoms with Gasteiger partial charge in [0.25, 0.3) is 0 Å². The van der Waals surface area contributed by atoms with Gasteiger partial charge in [-0.1, -0.05) is 22.6 Å². The molecule has 6 nitrogen and oxygen atoms in total. The molecule has 2 saturated heterocycles. The maximum Gasteiger partial charge on any atom is 0.304 e. The summed E-state index contributed by atoms with van der Waals surface area (Å²) in [5.74, 6) is -0.774. The highest BCUT2D eigenvalue weighted by atomic mass is 127. The Morgan fingerprint density at radius 1 is 1.18 bits per heavy atom. The SMILES string of the molecule is CC(=O)O[C@@H]1O[C@H]2[C@H](OC[C@H]2OC(C)=O)[C@H]1I. The lowest BCUT2D eigenvalue weighted by Crippen LogP contribution is -2.32. The average Bonchev–Trinajstić information content (AvgIpc) is 2.70. The van der Waals surface area contributed by atoms with Gasteiger partial charge in [0.05, 0.1) is 6.61 Å². The molecule has 2 heterocycles. The molecule has 0 radical (unpaired) electrons. The normalized spacial score (nSPS) is 39.8. The van der Waals surface area contributed by atoms with Crippen LogP contribution in [-0.4, -0.2) is 47.1 Å². The van der Waals surface area contributed by atoms with E-state index < -0.39 is 18.4 Å². The molecule has 96 valence electrons. The molecule has 0 amide bonds. The molecule has 0 bridgehead atoms. The van der Waals surface area contributed by atoms with Gasteiger partial charge >= 0.3 is 11.9 Å². The number of rotatable bonds is 2. The van der Waals surface area contributed by atoms with Crippen LogP contribution in [0.5, 0.6) is 0 Å². The van der Waals surface area contributed by atoms with Crippen LogP contribution in [0.2, 0.25) is 0 Å². The zero-order valence-corrected chi connectivity index (χ0v) is 11.6. The highest BCUT2D eigenvalue weighted by molar-refractivity contribution is 14.1. The largest absolute Gasteiger partial charge is 0.457 e. The second kappa shape index (κ2) is 5.07. The van der Waals surface area contributed by atoms with Gasteiger partial charge in [0, 0.05) is 13.8 Å². The molecular weight excluding hydrogens is 343 g/mol. The smallest absolute Gasteiger partial charge is 0.304 e. The first-order valence-electron chi connectivity index (χ1n) is 5.24. The molecule has 0 aromatic carbocycles. The van der Waals surface area contributed by atoms with E-state index in [9.17, 15) is 9.59 Å². The predicted molar refractivity (Wildman–Crippen MR) is 63.5 cm³/mol. The summed E-state index contributed by atoms with van der Waals surface area (Å²) in [6, 6.07) is 0. The maximum absolute atomic E-state index is 10.9. The van der Waals surface area contributed by atoms with Crippen LogP contribution < -0.4 is 0 Å². The number of hydrogen-bond acceptors (Lipinski definition) is 6. The van der Waals surface area contributed by atoms with Gasteiger partial charge in [-0.3, -0.25) is 9.59 Å². The summed E-state index contributed by atoms with van der Waals surface area (Å²) in [7, 11) is 0. The molecule has 0 aromatic rings. The third-order valence-electron chi connectivity index (χ3n) is 2.61. The van der Waals surface area contributed by atoms with Crippen molar-refractivity contribution in [2.75, 3.05) is 6.61 Å². The zero-order chi connectivity index (χ0) is 12.6. The number of fused-ring (bicyclic) bond motifs is 1. The number of esters is 2. The van der Waals surface area contributed by atoms with Gasteiger partial charge in [0.15, 0.2) is 6.10 Å². The first-order chi connectivity index (χ1) is 7.99. The van der Waals surface area contributed by atoms with Gasteiger partial charge in [0.1, 0.15) is 16.1 Å². The fourth-order valence-corrected chi connectivity index (χ4v) is 2.93. The second-order valence-electron chi connectivity index (χ2n) is 3.97. The minimum Gasteiger partial charge on any atom is -0.457 e. The molecule has 0 aromatic heterocycles. The molecular formula is C10H13IO6. The van der Waals surface area contributed by atoms with Crippen molar-refractivity contribution < 1.29 is 28.5 Å². The number of carbonyl (C=O) groups excluding carboxylic acids is 2. The quantitative estimate of drug-likeness (QED) is 0.406. The van der Waals surface area contributed by atoms with Crippen molar-refractivity contribution in [2.45, 2.75) is 42.4 Å². The van der Waals surface area contributed by atoms with E-state index in [1.54, 1.807) is 0 Å². The van der Waals surface area contributed by atoms with Crippen molar-refractivity contribution in [1.82, 2.24) is 0 Å². The summed E-state index contributed by atoms with van der Waals surface area (Å²) < 4.78 is 21.1. The minimum absolute atomic E-state index is 0.0953. The fraction of sp³-hybridized carbons (Fsp3) is 0.800. The van der Waals surface area contributed by atoms with Crippen molar-refractivity contribution in [2.24, 2.45) is 0 Å². The summed E-state index contributed by atoms with van der Waals surface area (Å²) in [5.41, 5.74) is 0. The van der Waals surface area contributed by atoms with E-state index in [1.807, 2.05) is 0 Å². The Hall–Kier alpha value is -0.410. The van der Waals surface area contributed by atoms with Crippen LogP contribution >= 0.6 is 22.6 Å². The number of carbonyl (C=O) groups is 2. The van der Waals surface area contributed by atoms with Crippen LogP contribution in [0.4, 0.5) is 0 Å². The average molecular weight is 356 g/mol. The Kier molecular flexibility index (Phi) is 3.88. The van der Waals surface area contributed by atoms with E-state index in [0.29, 0.717) is 6.61 Å². The van der Waals surface area contributed by atoms with E-state index in [1.165, 1.54) is 13.8 Å².